The number of nitrogens with one attached hydrogen (secondary N) is 2. The molecule has 2 aromatic rings. The summed E-state index contributed by atoms with van der Waals surface area (Å²) in [7, 11) is 1.50. The number of ether oxygens (including phenoxy) is 2. The molecule has 134 valence electrons. The summed E-state index contributed by atoms with van der Waals surface area (Å²) >= 11 is 0. The Labute approximate surface area is 152 Å². The fourth-order valence-corrected chi connectivity index (χ4v) is 2.29. The van der Waals surface area contributed by atoms with Crippen LogP contribution in [0.3, 0.4) is 0 Å². The SMILES string of the molecule is C#CCNC(=O)c1ccccc1NC(=O)c1ccc(OCC)c(OC)c1. The lowest BCUT2D eigenvalue weighted by atomic mass is 10.1. The van der Waals surface area contributed by atoms with Crippen LogP contribution in [0.25, 0.3) is 0 Å². The first-order chi connectivity index (χ1) is 12.6. The van der Waals surface area contributed by atoms with Crippen LogP contribution < -0.4 is 20.1 Å². The molecule has 0 saturated carbocycles. The molecular formula is C20H20N2O4. The maximum atomic E-state index is 12.6. The Balaban J connectivity index is 2.23. The number of anilines is 1. The van der Waals surface area contributed by atoms with E-state index in [4.69, 9.17) is 15.9 Å². The van der Waals surface area contributed by atoms with E-state index in [1.807, 2.05) is 6.92 Å². The smallest absolute Gasteiger partial charge is 0.255 e. The third kappa shape index (κ3) is 4.54. The quantitative estimate of drug-likeness (QED) is 0.751. The number of hydrogen-bond donors (Lipinski definition) is 2. The second-order valence-electron chi connectivity index (χ2n) is 5.19. The van der Waals surface area contributed by atoms with E-state index < -0.39 is 0 Å². The van der Waals surface area contributed by atoms with Crippen molar-refractivity contribution in [3.05, 3.63) is 53.6 Å². The Bertz CT molecular complexity index is 840. The highest BCUT2D eigenvalue weighted by atomic mass is 16.5. The van der Waals surface area contributed by atoms with E-state index in [1.165, 1.54) is 7.11 Å². The van der Waals surface area contributed by atoms with Gasteiger partial charge in [0, 0.05) is 5.56 Å². The molecule has 0 aliphatic rings. The molecule has 2 N–H and O–H groups in total. The molecule has 0 atom stereocenters. The zero-order chi connectivity index (χ0) is 18.9. The second kappa shape index (κ2) is 9.14. The van der Waals surface area contributed by atoms with Gasteiger partial charge in [0.15, 0.2) is 11.5 Å². The topological polar surface area (TPSA) is 76.7 Å². The molecule has 0 bridgehead atoms. The van der Waals surface area contributed by atoms with Gasteiger partial charge >= 0.3 is 0 Å². The van der Waals surface area contributed by atoms with E-state index in [0.717, 1.165) is 0 Å². The number of rotatable bonds is 7. The van der Waals surface area contributed by atoms with E-state index in [-0.39, 0.29) is 18.4 Å². The molecule has 0 aromatic heterocycles. The Morgan fingerprint density at radius 2 is 1.88 bits per heavy atom. The molecule has 6 heteroatoms. The number of benzene rings is 2. The van der Waals surface area contributed by atoms with Crippen LogP contribution >= 0.6 is 0 Å². The molecule has 0 spiro atoms. The van der Waals surface area contributed by atoms with Crippen molar-refractivity contribution in [1.82, 2.24) is 5.32 Å². The van der Waals surface area contributed by atoms with Crippen LogP contribution in [0, 0.1) is 12.3 Å². The van der Waals surface area contributed by atoms with Crippen molar-refractivity contribution in [1.29, 1.82) is 0 Å². The minimum absolute atomic E-state index is 0.108. The van der Waals surface area contributed by atoms with Crippen LogP contribution in [0.4, 0.5) is 5.69 Å². The molecule has 2 amide bonds. The van der Waals surface area contributed by atoms with E-state index in [9.17, 15) is 9.59 Å². The van der Waals surface area contributed by atoms with Crippen LogP contribution in [0.2, 0.25) is 0 Å². The van der Waals surface area contributed by atoms with E-state index >= 15 is 0 Å². The molecule has 0 heterocycles. The van der Waals surface area contributed by atoms with E-state index in [0.29, 0.717) is 34.9 Å². The van der Waals surface area contributed by atoms with Crippen LogP contribution in [-0.4, -0.2) is 32.1 Å². The van der Waals surface area contributed by atoms with Crippen molar-refractivity contribution >= 4 is 17.5 Å². The average Bonchev–Trinajstić information content (AvgIpc) is 2.67. The normalized spacial score (nSPS) is 9.73. The third-order valence-corrected chi connectivity index (χ3v) is 3.50. The molecule has 0 unspecified atom stereocenters. The lowest BCUT2D eigenvalue weighted by Crippen LogP contribution is -2.25. The highest BCUT2D eigenvalue weighted by molar-refractivity contribution is 6.09. The van der Waals surface area contributed by atoms with Crippen molar-refractivity contribution in [2.45, 2.75) is 6.92 Å². The van der Waals surface area contributed by atoms with Crippen LogP contribution in [-0.2, 0) is 0 Å². The van der Waals surface area contributed by atoms with Gasteiger partial charge in [0.1, 0.15) is 0 Å². The van der Waals surface area contributed by atoms with Gasteiger partial charge in [-0.2, -0.15) is 0 Å². The van der Waals surface area contributed by atoms with Crippen molar-refractivity contribution in [3.63, 3.8) is 0 Å². The van der Waals surface area contributed by atoms with Gasteiger partial charge in [0.2, 0.25) is 0 Å². The molecule has 2 aromatic carbocycles. The first kappa shape index (κ1) is 18.9. The van der Waals surface area contributed by atoms with Crippen LogP contribution in [0.1, 0.15) is 27.6 Å². The summed E-state index contributed by atoms with van der Waals surface area (Å²) in [6.45, 7) is 2.46. The maximum absolute atomic E-state index is 12.6. The summed E-state index contributed by atoms with van der Waals surface area (Å²) in [6.07, 6.45) is 5.15. The zero-order valence-corrected chi connectivity index (χ0v) is 14.7. The lowest BCUT2D eigenvalue weighted by Gasteiger charge is -2.13. The van der Waals surface area contributed by atoms with E-state index in [1.54, 1.807) is 42.5 Å². The van der Waals surface area contributed by atoms with Gasteiger partial charge < -0.3 is 20.1 Å². The summed E-state index contributed by atoms with van der Waals surface area (Å²) in [5, 5.41) is 5.32. The van der Waals surface area contributed by atoms with Gasteiger partial charge in [-0.3, -0.25) is 9.59 Å². The minimum Gasteiger partial charge on any atom is -0.493 e. The molecular weight excluding hydrogens is 332 g/mol. The number of para-hydroxylation sites is 1. The number of hydrogen-bond acceptors (Lipinski definition) is 4. The minimum atomic E-state index is -0.372. The first-order valence-electron chi connectivity index (χ1n) is 8.03. The molecule has 2 rings (SSSR count). The van der Waals surface area contributed by atoms with Gasteiger partial charge in [0.05, 0.1) is 31.5 Å². The first-order valence-corrected chi connectivity index (χ1v) is 8.03. The standard InChI is InChI=1S/C20H20N2O4/c1-4-12-21-20(24)15-8-6-7-9-16(15)22-19(23)14-10-11-17(26-5-2)18(13-14)25-3/h1,6-11,13H,5,12H2,2-3H3,(H,21,24)(H,22,23). The van der Waals surface area contributed by atoms with Crippen molar-refractivity contribution in [2.24, 2.45) is 0 Å². The fourth-order valence-electron chi connectivity index (χ4n) is 2.29. The number of carbonyl (C=O) groups is 2. The average molecular weight is 352 g/mol. The third-order valence-electron chi connectivity index (χ3n) is 3.50. The zero-order valence-electron chi connectivity index (χ0n) is 14.7. The second-order valence-corrected chi connectivity index (χ2v) is 5.19. The van der Waals surface area contributed by atoms with Gasteiger partial charge in [0.25, 0.3) is 11.8 Å². The molecule has 0 saturated heterocycles. The largest absolute Gasteiger partial charge is 0.493 e. The summed E-state index contributed by atoms with van der Waals surface area (Å²) in [6, 6.07) is 11.6. The Hall–Kier alpha value is -3.46. The number of carbonyl (C=O) groups excluding carboxylic acids is 2. The van der Waals surface area contributed by atoms with Gasteiger partial charge in [-0.05, 0) is 37.3 Å². The maximum Gasteiger partial charge on any atom is 0.255 e. The van der Waals surface area contributed by atoms with E-state index in [2.05, 4.69) is 16.6 Å². The molecule has 0 radical (unpaired) electrons. The van der Waals surface area contributed by atoms with Crippen LogP contribution in [0.5, 0.6) is 11.5 Å². The molecule has 0 fully saturated rings. The van der Waals surface area contributed by atoms with Crippen molar-refractivity contribution in [3.8, 4) is 23.8 Å². The Morgan fingerprint density at radius 3 is 2.58 bits per heavy atom. The lowest BCUT2D eigenvalue weighted by molar-refractivity contribution is 0.0959. The number of terminal acetylenes is 1. The fraction of sp³-hybridized carbons (Fsp3) is 0.200. The molecule has 0 aliphatic heterocycles. The predicted octanol–water partition coefficient (Wildman–Crippen LogP) is 2.71. The van der Waals surface area contributed by atoms with Crippen molar-refractivity contribution in [2.75, 3.05) is 25.6 Å². The molecule has 0 aliphatic carbocycles. The Kier molecular flexibility index (Phi) is 6.63. The number of methoxy groups -OCH3 is 1. The summed E-state index contributed by atoms with van der Waals surface area (Å²) in [5.41, 5.74) is 1.10. The van der Waals surface area contributed by atoms with Gasteiger partial charge in [-0.25, -0.2) is 0 Å². The van der Waals surface area contributed by atoms with Gasteiger partial charge in [-0.1, -0.05) is 18.1 Å². The summed E-state index contributed by atoms with van der Waals surface area (Å²) in [5.74, 6) is 2.62. The monoisotopic (exact) mass is 352 g/mol. The highest BCUT2D eigenvalue weighted by Crippen LogP contribution is 2.28. The van der Waals surface area contributed by atoms with Gasteiger partial charge in [-0.15, -0.1) is 6.42 Å². The summed E-state index contributed by atoms with van der Waals surface area (Å²) < 4.78 is 10.7. The number of amides is 2. The van der Waals surface area contributed by atoms with Crippen LogP contribution in [0.15, 0.2) is 42.5 Å². The molecule has 6 nitrogen and oxygen atoms in total. The van der Waals surface area contributed by atoms with Crippen molar-refractivity contribution < 1.29 is 19.1 Å². The molecule has 26 heavy (non-hydrogen) atoms. The highest BCUT2D eigenvalue weighted by Gasteiger charge is 2.15. The summed E-state index contributed by atoms with van der Waals surface area (Å²) in [4.78, 5) is 24.7. The Morgan fingerprint density at radius 1 is 1.12 bits per heavy atom. The predicted molar refractivity (Wildman–Crippen MR) is 99.7 cm³/mol.